The summed E-state index contributed by atoms with van der Waals surface area (Å²) in [5.41, 5.74) is -0.932. The molecule has 0 saturated carbocycles. The maximum atomic E-state index is 13.3. The van der Waals surface area contributed by atoms with Crippen molar-refractivity contribution in [3.63, 3.8) is 0 Å². The number of pyridine rings is 1. The molecule has 2 aromatic rings. The Kier molecular flexibility index (Phi) is 5.34. The van der Waals surface area contributed by atoms with E-state index >= 15 is 0 Å². The molecule has 0 fully saturated rings. The monoisotopic (exact) mass is 438 g/mol. The minimum absolute atomic E-state index is 0.123. The fourth-order valence-electron chi connectivity index (χ4n) is 3.01. The lowest BCUT2D eigenvalue weighted by molar-refractivity contribution is -0.141. The summed E-state index contributed by atoms with van der Waals surface area (Å²) in [5, 5.41) is 10.4. The molecule has 0 radical (unpaired) electrons. The number of hydrogen-bond acceptors (Lipinski definition) is 4. The number of carbonyl (C=O) groups excluding carboxylic acids is 1. The molecule has 0 bridgehead atoms. The zero-order chi connectivity index (χ0) is 21.6. The summed E-state index contributed by atoms with van der Waals surface area (Å²) < 4.78 is 80.8. The summed E-state index contributed by atoms with van der Waals surface area (Å²) in [6.07, 6.45) is -2.66. The minimum atomic E-state index is -4.73. The van der Waals surface area contributed by atoms with E-state index in [1.807, 2.05) is 0 Å². The highest BCUT2D eigenvalue weighted by atomic mass is 32.2. The predicted octanol–water partition coefficient (Wildman–Crippen LogP) is 3.42. The topological polar surface area (TPSA) is 115 Å². The van der Waals surface area contributed by atoms with Crippen molar-refractivity contribution in [2.24, 2.45) is 9.50 Å². The average Bonchev–Trinajstić information content (AvgIpc) is 3.24. The van der Waals surface area contributed by atoms with Crippen LogP contribution in [0.25, 0.3) is 0 Å². The van der Waals surface area contributed by atoms with Gasteiger partial charge in [-0.05, 0) is 37.8 Å². The molecule has 3 rings (SSSR count). The molecule has 0 unspecified atom stereocenters. The lowest BCUT2D eigenvalue weighted by atomic mass is 10.1. The van der Waals surface area contributed by atoms with Crippen LogP contribution in [0.3, 0.4) is 0 Å². The van der Waals surface area contributed by atoms with Crippen LogP contribution in [0.2, 0.25) is 0 Å². The van der Waals surface area contributed by atoms with E-state index in [9.17, 15) is 31.0 Å². The van der Waals surface area contributed by atoms with E-state index in [1.54, 1.807) is 0 Å². The maximum absolute atomic E-state index is 13.3. The number of aryl methyl sites for hydroxylation is 1. The van der Waals surface area contributed by atoms with Gasteiger partial charge in [0.05, 0.1) is 5.69 Å². The Hall–Kier alpha value is -2.61. The van der Waals surface area contributed by atoms with Gasteiger partial charge in [0.1, 0.15) is 5.69 Å². The van der Waals surface area contributed by atoms with Gasteiger partial charge in [0.15, 0.2) is 14.9 Å². The number of rotatable bonds is 3. The number of nitrogens with zero attached hydrogens (tertiary/aromatic N) is 4. The van der Waals surface area contributed by atoms with Crippen molar-refractivity contribution in [2.45, 2.75) is 43.9 Å². The van der Waals surface area contributed by atoms with Crippen LogP contribution in [-0.4, -0.2) is 25.0 Å². The SMILES string of the molecule is Cc1c(C(F)(F)F)nc2c(c1NC(=O)N=[S@@](N)(=O)c1ccn(C(F)F)n1)CCC2. The first-order valence-corrected chi connectivity index (χ1v) is 9.76. The second-order valence-electron chi connectivity index (χ2n) is 6.24. The Balaban J connectivity index is 1.97. The molecule has 1 atom stereocenters. The Labute approximate surface area is 161 Å². The number of carbonyl (C=O) groups is 1. The Morgan fingerprint density at radius 3 is 2.66 bits per heavy atom. The highest BCUT2D eigenvalue weighted by Gasteiger charge is 2.37. The Morgan fingerprint density at radius 1 is 1.38 bits per heavy atom. The van der Waals surface area contributed by atoms with Gasteiger partial charge in [0.2, 0.25) is 0 Å². The van der Waals surface area contributed by atoms with Crippen LogP contribution in [0, 0.1) is 6.92 Å². The van der Waals surface area contributed by atoms with Crippen LogP contribution in [-0.2, 0) is 28.9 Å². The highest BCUT2D eigenvalue weighted by Crippen LogP contribution is 2.38. The van der Waals surface area contributed by atoms with E-state index in [0.29, 0.717) is 24.8 Å². The van der Waals surface area contributed by atoms with Gasteiger partial charge in [-0.2, -0.15) is 27.1 Å². The number of nitrogens with one attached hydrogen (secondary N) is 1. The molecule has 14 heteroatoms. The van der Waals surface area contributed by atoms with Crippen molar-refractivity contribution < 1.29 is 31.0 Å². The largest absolute Gasteiger partial charge is 0.433 e. The van der Waals surface area contributed by atoms with Crippen LogP contribution < -0.4 is 10.5 Å². The predicted molar refractivity (Wildman–Crippen MR) is 91.5 cm³/mol. The molecule has 3 N–H and O–H groups in total. The third-order valence-electron chi connectivity index (χ3n) is 4.27. The van der Waals surface area contributed by atoms with E-state index in [-0.39, 0.29) is 21.6 Å². The molecule has 1 aliphatic carbocycles. The lowest BCUT2D eigenvalue weighted by Gasteiger charge is -2.17. The van der Waals surface area contributed by atoms with Crippen molar-refractivity contribution in [2.75, 3.05) is 5.32 Å². The summed E-state index contributed by atoms with van der Waals surface area (Å²) in [6.45, 7) is -1.87. The average molecular weight is 438 g/mol. The molecule has 0 spiro atoms. The molecule has 158 valence electrons. The van der Waals surface area contributed by atoms with Crippen molar-refractivity contribution in [1.82, 2.24) is 14.8 Å². The fraction of sp³-hybridized carbons (Fsp3) is 0.400. The van der Waals surface area contributed by atoms with Gasteiger partial charge in [0.25, 0.3) is 0 Å². The van der Waals surface area contributed by atoms with E-state index in [1.165, 1.54) is 0 Å². The molecular formula is C15H15F5N6O2S. The van der Waals surface area contributed by atoms with Gasteiger partial charge < -0.3 is 5.32 Å². The van der Waals surface area contributed by atoms with Gasteiger partial charge in [0, 0.05) is 17.5 Å². The molecule has 8 nitrogen and oxygen atoms in total. The van der Waals surface area contributed by atoms with Gasteiger partial charge >= 0.3 is 18.8 Å². The molecule has 2 aromatic heterocycles. The van der Waals surface area contributed by atoms with E-state index in [0.717, 1.165) is 19.2 Å². The van der Waals surface area contributed by atoms with E-state index < -0.39 is 39.4 Å². The summed E-state index contributed by atoms with van der Waals surface area (Å²) in [6, 6.07) is -0.386. The van der Waals surface area contributed by atoms with Gasteiger partial charge in [-0.25, -0.2) is 23.8 Å². The standard InChI is InChI=1S/C15H15F5N6O2S/c1-7-11(8-3-2-4-9(8)22-12(7)15(18,19)20)23-14(27)25-29(21,28)10-5-6-26(24-10)13(16)17/h5-6,13H,2-4H2,1H3,(H3,21,22,23,25,27,28)/t29-/m1/s1. The number of alkyl halides is 5. The number of anilines is 1. The van der Waals surface area contributed by atoms with Crippen LogP contribution in [0.4, 0.5) is 32.4 Å². The van der Waals surface area contributed by atoms with Crippen molar-refractivity contribution in [1.29, 1.82) is 0 Å². The summed E-state index contributed by atoms with van der Waals surface area (Å²) in [5.74, 6) is 0. The van der Waals surface area contributed by atoms with Crippen LogP contribution in [0.15, 0.2) is 21.7 Å². The van der Waals surface area contributed by atoms with Crippen LogP contribution in [0.5, 0.6) is 0 Å². The summed E-state index contributed by atoms with van der Waals surface area (Å²) in [4.78, 5) is 15.9. The minimum Gasteiger partial charge on any atom is -0.305 e. The zero-order valence-electron chi connectivity index (χ0n) is 14.8. The number of nitrogens with two attached hydrogens (primary N) is 1. The first-order chi connectivity index (χ1) is 13.4. The summed E-state index contributed by atoms with van der Waals surface area (Å²) in [7, 11) is -4.00. The van der Waals surface area contributed by atoms with Crippen LogP contribution >= 0.6 is 0 Å². The number of halogens is 5. The third kappa shape index (κ3) is 4.22. The van der Waals surface area contributed by atoms with Gasteiger partial charge in [-0.3, -0.25) is 0 Å². The van der Waals surface area contributed by atoms with Crippen LogP contribution in [0.1, 0.15) is 35.5 Å². The molecule has 1 aliphatic rings. The normalized spacial score (nSPS) is 15.9. The number of amides is 2. The number of aromatic nitrogens is 3. The lowest BCUT2D eigenvalue weighted by Crippen LogP contribution is -2.21. The Bertz CT molecular complexity index is 1090. The van der Waals surface area contributed by atoms with Gasteiger partial charge in [-0.15, -0.1) is 4.36 Å². The number of hydrogen-bond donors (Lipinski definition) is 2. The van der Waals surface area contributed by atoms with E-state index in [4.69, 9.17) is 5.14 Å². The second kappa shape index (κ2) is 7.33. The van der Waals surface area contributed by atoms with Crippen molar-refractivity contribution in [3.8, 4) is 0 Å². The van der Waals surface area contributed by atoms with Crippen molar-refractivity contribution in [3.05, 3.63) is 34.8 Å². The quantitative estimate of drug-likeness (QED) is 0.715. The first-order valence-electron chi connectivity index (χ1n) is 8.19. The number of fused-ring (bicyclic) bond motifs is 1. The smallest absolute Gasteiger partial charge is 0.305 e. The Morgan fingerprint density at radius 2 is 2.07 bits per heavy atom. The van der Waals surface area contributed by atoms with Crippen molar-refractivity contribution >= 4 is 21.6 Å². The molecule has 2 amide bonds. The summed E-state index contributed by atoms with van der Waals surface area (Å²) >= 11 is 0. The molecule has 2 heterocycles. The van der Waals surface area contributed by atoms with Gasteiger partial charge in [-0.1, -0.05) is 0 Å². The molecule has 0 aliphatic heterocycles. The fourth-order valence-corrected chi connectivity index (χ4v) is 3.87. The molecule has 0 aromatic carbocycles. The maximum Gasteiger partial charge on any atom is 0.433 e. The molecular weight excluding hydrogens is 423 g/mol. The molecule has 0 saturated heterocycles. The number of urea groups is 1. The second-order valence-corrected chi connectivity index (χ2v) is 7.98. The highest BCUT2D eigenvalue weighted by molar-refractivity contribution is 7.91. The molecule has 29 heavy (non-hydrogen) atoms. The first kappa shape index (κ1) is 21.1. The third-order valence-corrected chi connectivity index (χ3v) is 5.52. The zero-order valence-corrected chi connectivity index (χ0v) is 15.7. The van der Waals surface area contributed by atoms with E-state index in [2.05, 4.69) is 19.8 Å².